The summed E-state index contributed by atoms with van der Waals surface area (Å²) in [4.78, 5) is 10.8. The molecule has 0 aromatic heterocycles. The smallest absolute Gasteiger partial charge is 0.218 e. The van der Waals surface area contributed by atoms with Crippen molar-refractivity contribution >= 4 is 14.6 Å². The summed E-state index contributed by atoms with van der Waals surface area (Å²) >= 11 is 0. The molecule has 76 valence electrons. The predicted octanol–water partition coefficient (Wildman–Crippen LogP) is 1.35. The summed E-state index contributed by atoms with van der Waals surface area (Å²) in [5.74, 6) is -0.222. The molecule has 13 heavy (non-hydrogen) atoms. The van der Waals surface area contributed by atoms with Crippen molar-refractivity contribution in [2.24, 2.45) is 5.73 Å². The average Bonchev–Trinajstić information content (AvgIpc) is 1.80. The van der Waals surface area contributed by atoms with Crippen LogP contribution in [0.15, 0.2) is 12.2 Å². The third-order valence-electron chi connectivity index (χ3n) is 1.48. The van der Waals surface area contributed by atoms with Crippen LogP contribution in [0.1, 0.15) is 19.8 Å². The molecule has 0 spiro atoms. The molecule has 0 aliphatic rings. The minimum atomic E-state index is -0.222. The first-order chi connectivity index (χ1) is 5.91. The minimum Gasteiger partial charge on any atom is -0.370 e. The van der Waals surface area contributed by atoms with Crippen LogP contribution in [0.5, 0.6) is 0 Å². The fraction of sp³-hybridized carbons (Fsp3) is 0.667. The third kappa shape index (κ3) is 7.94. The molecule has 3 nitrogen and oxygen atoms in total. The van der Waals surface area contributed by atoms with Gasteiger partial charge in [0.25, 0.3) is 0 Å². The van der Waals surface area contributed by atoms with Crippen molar-refractivity contribution in [3.8, 4) is 0 Å². The Morgan fingerprint density at radius 3 is 2.38 bits per heavy atom. The van der Waals surface area contributed by atoms with Gasteiger partial charge < -0.3 is 5.73 Å². The zero-order chi connectivity index (χ0) is 10.4. The van der Waals surface area contributed by atoms with Crippen LogP contribution in [-0.4, -0.2) is 30.3 Å². The first-order valence-electron chi connectivity index (χ1n) is 4.28. The van der Waals surface area contributed by atoms with Crippen molar-refractivity contribution in [1.82, 2.24) is 4.67 Å². The standard InChI is InChI=1S/C9H19N2OP/c1-7(2)5-8(6-9(10)12)13-11(3)4/h8,13H,1,5-6H2,2-4H3,(H2,10,12). The molecule has 2 unspecified atom stereocenters. The summed E-state index contributed by atoms with van der Waals surface area (Å²) in [7, 11) is 4.65. The maximum atomic E-state index is 10.8. The van der Waals surface area contributed by atoms with Gasteiger partial charge in [0.05, 0.1) is 0 Å². The largest absolute Gasteiger partial charge is 0.370 e. The maximum absolute atomic E-state index is 10.8. The molecule has 0 radical (unpaired) electrons. The number of allylic oxidation sites excluding steroid dienone is 1. The van der Waals surface area contributed by atoms with Crippen LogP contribution in [0, 0.1) is 0 Å². The Labute approximate surface area is 82.2 Å². The van der Waals surface area contributed by atoms with E-state index in [2.05, 4.69) is 11.2 Å². The van der Waals surface area contributed by atoms with Crippen molar-refractivity contribution < 1.29 is 4.79 Å². The molecule has 0 aliphatic heterocycles. The van der Waals surface area contributed by atoms with Crippen LogP contribution in [0.3, 0.4) is 0 Å². The minimum absolute atomic E-state index is 0.222. The number of nitrogens with zero attached hydrogens (tertiary/aromatic N) is 1. The molecule has 0 saturated heterocycles. The molecule has 0 aromatic carbocycles. The van der Waals surface area contributed by atoms with E-state index in [4.69, 9.17) is 5.73 Å². The number of primary amides is 1. The number of amides is 1. The van der Waals surface area contributed by atoms with Crippen molar-refractivity contribution in [2.75, 3.05) is 14.1 Å². The first kappa shape index (κ1) is 12.6. The van der Waals surface area contributed by atoms with E-state index >= 15 is 0 Å². The summed E-state index contributed by atoms with van der Waals surface area (Å²) in [6, 6.07) is 0. The third-order valence-corrected chi connectivity index (χ3v) is 2.77. The Hall–Kier alpha value is -0.400. The predicted molar refractivity (Wildman–Crippen MR) is 59.0 cm³/mol. The molecular weight excluding hydrogens is 183 g/mol. The molecule has 0 aliphatic carbocycles. The van der Waals surface area contributed by atoms with Gasteiger partial charge in [-0.3, -0.25) is 9.46 Å². The molecule has 0 aromatic rings. The van der Waals surface area contributed by atoms with Gasteiger partial charge in [-0.25, -0.2) is 0 Å². The second-order valence-corrected chi connectivity index (χ2v) is 5.52. The SMILES string of the molecule is C=C(C)CC(CC(N)=O)PN(C)C. The van der Waals surface area contributed by atoms with Gasteiger partial charge in [0.2, 0.25) is 5.91 Å². The van der Waals surface area contributed by atoms with Crippen molar-refractivity contribution in [3.05, 3.63) is 12.2 Å². The topological polar surface area (TPSA) is 46.3 Å². The number of hydrogen-bond acceptors (Lipinski definition) is 2. The summed E-state index contributed by atoms with van der Waals surface area (Å²) in [5.41, 5.74) is 6.61. The lowest BCUT2D eigenvalue weighted by atomic mass is 10.1. The highest BCUT2D eigenvalue weighted by molar-refractivity contribution is 7.36. The Morgan fingerprint density at radius 1 is 1.54 bits per heavy atom. The normalized spacial score (nSPS) is 13.8. The van der Waals surface area contributed by atoms with E-state index in [0.717, 1.165) is 12.0 Å². The number of carbonyl (C=O) groups is 1. The van der Waals surface area contributed by atoms with Gasteiger partial charge in [-0.1, -0.05) is 5.57 Å². The Morgan fingerprint density at radius 2 is 2.08 bits per heavy atom. The fourth-order valence-corrected chi connectivity index (χ4v) is 2.65. The second-order valence-electron chi connectivity index (χ2n) is 3.55. The number of carbonyl (C=O) groups excluding carboxylic acids is 1. The van der Waals surface area contributed by atoms with Crippen molar-refractivity contribution in [2.45, 2.75) is 25.4 Å². The molecule has 0 saturated carbocycles. The highest BCUT2D eigenvalue weighted by Gasteiger charge is 2.12. The van der Waals surface area contributed by atoms with Crippen LogP contribution >= 0.6 is 8.73 Å². The highest BCUT2D eigenvalue weighted by Crippen LogP contribution is 2.28. The van der Waals surface area contributed by atoms with Gasteiger partial charge in [-0.2, -0.15) is 0 Å². The van der Waals surface area contributed by atoms with E-state index in [1.54, 1.807) is 0 Å². The zero-order valence-corrected chi connectivity index (χ0v) is 9.63. The summed E-state index contributed by atoms with van der Waals surface area (Å²) in [6.07, 6.45) is 1.35. The number of hydrogen-bond donors (Lipinski definition) is 1. The number of nitrogens with two attached hydrogens (primary N) is 1. The summed E-state index contributed by atoms with van der Waals surface area (Å²) in [6.45, 7) is 5.82. The number of rotatable bonds is 6. The molecule has 1 amide bonds. The van der Waals surface area contributed by atoms with Gasteiger partial charge in [-0.15, -0.1) is 6.58 Å². The molecule has 2 atom stereocenters. The van der Waals surface area contributed by atoms with E-state index in [-0.39, 0.29) is 5.91 Å². The van der Waals surface area contributed by atoms with E-state index in [1.807, 2.05) is 21.0 Å². The first-order valence-corrected chi connectivity index (χ1v) is 5.30. The van der Waals surface area contributed by atoms with Gasteiger partial charge in [0.1, 0.15) is 0 Å². The molecule has 0 heterocycles. The fourth-order valence-electron chi connectivity index (χ4n) is 1.19. The van der Waals surface area contributed by atoms with Gasteiger partial charge >= 0.3 is 0 Å². The van der Waals surface area contributed by atoms with Gasteiger partial charge in [0.15, 0.2) is 0 Å². The molecule has 4 heteroatoms. The van der Waals surface area contributed by atoms with Crippen molar-refractivity contribution in [3.63, 3.8) is 0 Å². The van der Waals surface area contributed by atoms with Crippen LogP contribution in [0.4, 0.5) is 0 Å². The van der Waals surface area contributed by atoms with Crippen LogP contribution in [0.25, 0.3) is 0 Å². The highest BCUT2D eigenvalue weighted by atomic mass is 31.1. The molecule has 0 fully saturated rings. The lowest BCUT2D eigenvalue weighted by Crippen LogP contribution is -2.19. The Bertz CT molecular complexity index is 176. The van der Waals surface area contributed by atoms with E-state index in [1.165, 1.54) is 0 Å². The van der Waals surface area contributed by atoms with Crippen LogP contribution in [0.2, 0.25) is 0 Å². The maximum Gasteiger partial charge on any atom is 0.218 e. The monoisotopic (exact) mass is 202 g/mol. The second kappa shape index (κ2) is 6.11. The van der Waals surface area contributed by atoms with Gasteiger partial charge in [-0.05, 0) is 36.2 Å². The van der Waals surface area contributed by atoms with E-state index in [0.29, 0.717) is 20.8 Å². The zero-order valence-electron chi connectivity index (χ0n) is 8.63. The molecule has 2 N–H and O–H groups in total. The molecule has 0 rings (SSSR count). The van der Waals surface area contributed by atoms with Crippen LogP contribution < -0.4 is 5.73 Å². The van der Waals surface area contributed by atoms with Gasteiger partial charge in [0, 0.05) is 12.1 Å². The van der Waals surface area contributed by atoms with Crippen LogP contribution in [-0.2, 0) is 4.79 Å². The Balaban J connectivity index is 4.02. The quantitative estimate of drug-likeness (QED) is 0.522. The average molecular weight is 202 g/mol. The van der Waals surface area contributed by atoms with Crippen molar-refractivity contribution in [1.29, 1.82) is 0 Å². The molecular formula is C9H19N2OP. The molecule has 0 bridgehead atoms. The Kier molecular flexibility index (Phi) is 5.93. The van der Waals surface area contributed by atoms with E-state index < -0.39 is 0 Å². The van der Waals surface area contributed by atoms with E-state index in [9.17, 15) is 4.79 Å². The summed E-state index contributed by atoms with van der Waals surface area (Å²) < 4.78 is 2.09. The lowest BCUT2D eigenvalue weighted by Gasteiger charge is -2.19. The lowest BCUT2D eigenvalue weighted by molar-refractivity contribution is -0.118. The summed E-state index contributed by atoms with van der Waals surface area (Å²) in [5, 5.41) is 0.